The largest absolute Gasteiger partial charge is 0.481 e. The molecule has 10 nitrogen and oxygen atoms in total. The lowest BCUT2D eigenvalue weighted by Gasteiger charge is -2.30. The first-order valence-corrected chi connectivity index (χ1v) is 13.1. The van der Waals surface area contributed by atoms with E-state index >= 15 is 0 Å². The number of amides is 2. The van der Waals surface area contributed by atoms with E-state index in [0.717, 1.165) is 30.6 Å². The molecule has 0 spiro atoms. The zero-order valence-corrected chi connectivity index (χ0v) is 21.2. The third-order valence-electron chi connectivity index (χ3n) is 6.44. The average molecular weight is 527 g/mol. The standard InChI is InChI=1S/C17H22N2O3.C9H8N2O3S/c1-22-14-8-7-13-15(19-14)12(9-10-18-13)17(21)16(20)11-5-3-2-4-6-11;12-8-4-15-7-2-1-5(10-9(13)14)3-6(7)11-8/h7-11,16-17,20-21H,2-6H2,1H3;1-3,10H,4H2,(H,11,12)(H,13,14)/t16-,17-;/m1./s1. The van der Waals surface area contributed by atoms with Gasteiger partial charge in [0.15, 0.2) is 0 Å². The molecule has 196 valence electrons. The predicted molar refractivity (Wildman–Crippen MR) is 141 cm³/mol. The average Bonchev–Trinajstić information content (AvgIpc) is 2.92. The second-order valence-corrected chi connectivity index (χ2v) is 9.95. The van der Waals surface area contributed by atoms with Gasteiger partial charge in [-0.15, -0.1) is 11.8 Å². The normalized spacial score (nSPS) is 17.0. The highest BCUT2D eigenvalue weighted by Gasteiger charge is 2.30. The highest BCUT2D eigenvalue weighted by atomic mass is 32.2. The highest BCUT2D eigenvalue weighted by molar-refractivity contribution is 8.00. The van der Waals surface area contributed by atoms with Gasteiger partial charge in [0, 0.05) is 28.4 Å². The quantitative estimate of drug-likeness (QED) is 0.325. The summed E-state index contributed by atoms with van der Waals surface area (Å²) in [7, 11) is 1.55. The number of pyridine rings is 2. The summed E-state index contributed by atoms with van der Waals surface area (Å²) in [5.41, 5.74) is 2.99. The van der Waals surface area contributed by atoms with Gasteiger partial charge >= 0.3 is 6.09 Å². The monoisotopic (exact) mass is 526 g/mol. The van der Waals surface area contributed by atoms with Crippen LogP contribution in [0.15, 0.2) is 47.5 Å². The molecule has 5 N–H and O–H groups in total. The molecule has 1 aromatic carbocycles. The Balaban J connectivity index is 0.000000186. The van der Waals surface area contributed by atoms with Gasteiger partial charge in [-0.3, -0.25) is 15.1 Å². The second kappa shape index (κ2) is 12.2. The summed E-state index contributed by atoms with van der Waals surface area (Å²) in [4.78, 5) is 31.1. The van der Waals surface area contributed by atoms with Crippen LogP contribution in [0.4, 0.5) is 16.2 Å². The third-order valence-corrected chi connectivity index (χ3v) is 7.51. The molecule has 0 radical (unpaired) electrons. The zero-order chi connectivity index (χ0) is 26.4. The summed E-state index contributed by atoms with van der Waals surface area (Å²) >= 11 is 1.44. The molecule has 1 aliphatic heterocycles. The summed E-state index contributed by atoms with van der Waals surface area (Å²) in [5.74, 6) is 0.956. The fourth-order valence-corrected chi connectivity index (χ4v) is 5.37. The third kappa shape index (κ3) is 6.68. The molecule has 3 aromatic rings. The molecule has 2 amide bonds. The first-order chi connectivity index (χ1) is 17.9. The van der Waals surface area contributed by atoms with Crippen molar-refractivity contribution in [1.82, 2.24) is 9.97 Å². The zero-order valence-electron chi connectivity index (χ0n) is 20.4. The predicted octanol–water partition coefficient (Wildman–Crippen LogP) is 4.43. The van der Waals surface area contributed by atoms with Crippen molar-refractivity contribution in [1.29, 1.82) is 0 Å². The van der Waals surface area contributed by atoms with E-state index in [2.05, 4.69) is 20.6 Å². The summed E-state index contributed by atoms with van der Waals surface area (Å²) < 4.78 is 5.15. The number of anilines is 2. The van der Waals surface area contributed by atoms with Crippen molar-refractivity contribution < 1.29 is 29.6 Å². The van der Waals surface area contributed by atoms with Crippen LogP contribution >= 0.6 is 11.8 Å². The molecule has 0 unspecified atom stereocenters. The van der Waals surface area contributed by atoms with Gasteiger partial charge in [-0.2, -0.15) is 0 Å². The molecule has 11 heteroatoms. The van der Waals surface area contributed by atoms with Crippen LogP contribution < -0.4 is 15.4 Å². The van der Waals surface area contributed by atoms with Crippen LogP contribution in [0.25, 0.3) is 11.0 Å². The minimum atomic E-state index is -1.12. The maximum absolute atomic E-state index is 11.1. The lowest BCUT2D eigenvalue weighted by molar-refractivity contribution is -0.113. The number of carboxylic acid groups (broad SMARTS) is 1. The Morgan fingerprint density at radius 1 is 1.16 bits per heavy atom. The van der Waals surface area contributed by atoms with Crippen molar-refractivity contribution in [2.24, 2.45) is 5.92 Å². The number of aliphatic hydroxyl groups excluding tert-OH is 2. The van der Waals surface area contributed by atoms with Gasteiger partial charge in [0.2, 0.25) is 11.8 Å². The van der Waals surface area contributed by atoms with E-state index < -0.39 is 18.3 Å². The Bertz CT molecular complexity index is 1270. The number of methoxy groups -OCH3 is 1. The van der Waals surface area contributed by atoms with Crippen LogP contribution in [-0.2, 0) is 4.79 Å². The number of carbonyl (C=O) groups excluding carboxylic acids is 1. The molecule has 1 aliphatic carbocycles. The first kappa shape index (κ1) is 26.6. The van der Waals surface area contributed by atoms with E-state index in [1.54, 1.807) is 43.6 Å². The summed E-state index contributed by atoms with van der Waals surface area (Å²) in [6, 6.07) is 10.3. The Hall–Kier alpha value is -3.41. The van der Waals surface area contributed by atoms with Crippen molar-refractivity contribution >= 4 is 46.2 Å². The molecular formula is C26H30N4O6S. The Morgan fingerprint density at radius 2 is 1.95 bits per heavy atom. The van der Waals surface area contributed by atoms with E-state index in [0.29, 0.717) is 39.6 Å². The molecule has 0 saturated heterocycles. The topological polar surface area (TPSA) is 154 Å². The minimum Gasteiger partial charge on any atom is -0.481 e. The number of hydrogen-bond donors (Lipinski definition) is 5. The molecule has 0 bridgehead atoms. The minimum absolute atomic E-state index is 0.0695. The molecule has 2 atom stereocenters. The van der Waals surface area contributed by atoms with E-state index in [1.807, 2.05) is 6.07 Å². The number of fused-ring (bicyclic) bond motifs is 2. The highest BCUT2D eigenvalue weighted by Crippen LogP contribution is 2.35. The van der Waals surface area contributed by atoms with E-state index in [9.17, 15) is 19.8 Å². The fourth-order valence-electron chi connectivity index (χ4n) is 4.58. The van der Waals surface area contributed by atoms with E-state index in [1.165, 1.54) is 18.2 Å². The number of nitrogens with zero attached hydrogens (tertiary/aromatic N) is 2. The molecule has 1 saturated carbocycles. The number of benzene rings is 1. The molecule has 3 heterocycles. The first-order valence-electron chi connectivity index (χ1n) is 12.1. The van der Waals surface area contributed by atoms with Crippen LogP contribution in [-0.4, -0.2) is 56.3 Å². The molecule has 2 aliphatic rings. The smallest absolute Gasteiger partial charge is 0.409 e. The van der Waals surface area contributed by atoms with Crippen LogP contribution in [0, 0.1) is 5.92 Å². The van der Waals surface area contributed by atoms with Crippen molar-refractivity contribution in [3.8, 4) is 5.88 Å². The number of aromatic nitrogens is 2. The summed E-state index contributed by atoms with van der Waals surface area (Å²) in [5, 5.41) is 34.6. The summed E-state index contributed by atoms with van der Waals surface area (Å²) in [6.07, 6.45) is 4.21. The number of carbonyl (C=O) groups is 2. The number of aliphatic hydroxyl groups is 2. The Labute approximate surface area is 218 Å². The summed E-state index contributed by atoms with van der Waals surface area (Å²) in [6.45, 7) is 0. The van der Waals surface area contributed by atoms with Crippen LogP contribution in [0.3, 0.4) is 0 Å². The van der Waals surface area contributed by atoms with Gasteiger partial charge in [0.05, 0.1) is 35.7 Å². The van der Waals surface area contributed by atoms with Crippen molar-refractivity contribution in [2.45, 2.75) is 49.2 Å². The van der Waals surface area contributed by atoms with Crippen molar-refractivity contribution in [3.05, 3.63) is 48.2 Å². The van der Waals surface area contributed by atoms with Crippen LogP contribution in [0.2, 0.25) is 0 Å². The van der Waals surface area contributed by atoms with Gasteiger partial charge in [0.1, 0.15) is 6.10 Å². The Kier molecular flexibility index (Phi) is 8.80. The number of hydrogen-bond acceptors (Lipinski definition) is 8. The second-order valence-electron chi connectivity index (χ2n) is 8.93. The maximum Gasteiger partial charge on any atom is 0.409 e. The van der Waals surface area contributed by atoms with E-state index in [-0.39, 0.29) is 11.8 Å². The molecule has 2 aromatic heterocycles. The molecule has 1 fully saturated rings. The maximum atomic E-state index is 11.1. The fraction of sp³-hybridized carbons (Fsp3) is 0.385. The lowest BCUT2D eigenvalue weighted by atomic mass is 9.82. The van der Waals surface area contributed by atoms with E-state index in [4.69, 9.17) is 9.84 Å². The SMILES string of the molecule is COc1ccc2nccc([C@@H](O)[C@H](O)C3CCCCC3)c2n1.O=C(O)Nc1ccc2c(c1)NC(=O)CS2. The number of ether oxygens (including phenoxy) is 1. The molecule has 37 heavy (non-hydrogen) atoms. The van der Waals surface area contributed by atoms with Crippen LogP contribution in [0.1, 0.15) is 43.8 Å². The van der Waals surface area contributed by atoms with Gasteiger partial charge in [-0.05, 0) is 49.1 Å². The molecular weight excluding hydrogens is 496 g/mol. The lowest BCUT2D eigenvalue weighted by Crippen LogP contribution is -2.29. The van der Waals surface area contributed by atoms with Crippen molar-refractivity contribution in [3.63, 3.8) is 0 Å². The van der Waals surface area contributed by atoms with Gasteiger partial charge in [-0.1, -0.05) is 19.3 Å². The number of rotatable bonds is 5. The van der Waals surface area contributed by atoms with Gasteiger partial charge < -0.3 is 25.4 Å². The number of nitrogens with one attached hydrogen (secondary N) is 2. The number of thioether (sulfide) groups is 1. The van der Waals surface area contributed by atoms with Crippen molar-refractivity contribution in [2.75, 3.05) is 23.5 Å². The van der Waals surface area contributed by atoms with Gasteiger partial charge in [-0.25, -0.2) is 9.78 Å². The van der Waals surface area contributed by atoms with Gasteiger partial charge in [0.25, 0.3) is 0 Å². The Morgan fingerprint density at radius 3 is 2.68 bits per heavy atom. The molecule has 5 rings (SSSR count). The van der Waals surface area contributed by atoms with Crippen LogP contribution in [0.5, 0.6) is 5.88 Å².